The van der Waals surface area contributed by atoms with Crippen LogP contribution < -0.4 is 10.0 Å². The van der Waals surface area contributed by atoms with E-state index in [0.717, 1.165) is 61.8 Å². The molecule has 0 bridgehead atoms. The number of rotatable bonds is 5. The van der Waals surface area contributed by atoms with Gasteiger partial charge in [0.15, 0.2) is 0 Å². The molecule has 2 aromatic rings. The van der Waals surface area contributed by atoms with Crippen LogP contribution in [0.2, 0.25) is 5.02 Å². The second kappa shape index (κ2) is 6.19. The average Bonchev–Trinajstić information content (AvgIpc) is 2.77. The van der Waals surface area contributed by atoms with Gasteiger partial charge in [0.05, 0.1) is 17.0 Å². The van der Waals surface area contributed by atoms with Gasteiger partial charge in [-0.2, -0.15) is 0 Å². The Balaban J connectivity index is 1.43. The lowest BCUT2D eigenvalue weighted by Crippen LogP contribution is -2.66. The van der Waals surface area contributed by atoms with Crippen LogP contribution in [0.4, 0.5) is 14.6 Å². The largest absolute Gasteiger partial charge is 0.355 e. The van der Waals surface area contributed by atoms with E-state index in [-0.39, 0.29) is 18.0 Å². The van der Waals surface area contributed by atoms with Crippen molar-refractivity contribution < 1.29 is 8.78 Å². The zero-order chi connectivity index (χ0) is 18.7. The van der Waals surface area contributed by atoms with Crippen molar-refractivity contribution in [2.24, 2.45) is 17.6 Å². The highest BCUT2D eigenvalue weighted by Crippen LogP contribution is 2.53. The monoisotopic (exact) mass is 402 g/mol. The molecule has 1 saturated carbocycles. The third-order valence-electron chi connectivity index (χ3n) is 5.35. The molecule has 3 heterocycles. The standard InChI is InChI=1S/C16H21ClF2N6S/c1-15(18,19)6-25(26-20)10-3-16(4-10)7-24(8-16)14-12-11(17)5-23(2)13(12)21-9-22-14/h5,9-10H,3-4,6-8,20H2,1-2H3. The number of nitrogens with zero attached hydrogens (tertiary/aromatic N) is 5. The molecule has 2 fully saturated rings. The predicted octanol–water partition coefficient (Wildman–Crippen LogP) is 3.07. The molecule has 1 aliphatic carbocycles. The van der Waals surface area contributed by atoms with Crippen LogP contribution in [-0.2, 0) is 7.05 Å². The van der Waals surface area contributed by atoms with Gasteiger partial charge in [-0.05, 0) is 12.8 Å². The quantitative estimate of drug-likeness (QED) is 0.775. The number of fused-ring (bicyclic) bond motifs is 1. The van der Waals surface area contributed by atoms with Crippen molar-refractivity contribution in [3.8, 4) is 0 Å². The molecular formula is C16H21ClF2N6S. The summed E-state index contributed by atoms with van der Waals surface area (Å²) in [6, 6.07) is 0.101. The van der Waals surface area contributed by atoms with Crippen molar-refractivity contribution in [2.45, 2.75) is 31.7 Å². The number of hydrogen-bond acceptors (Lipinski definition) is 6. The Hall–Kier alpha value is -1.16. The van der Waals surface area contributed by atoms with Crippen LogP contribution >= 0.6 is 23.7 Å². The molecule has 4 rings (SSSR count). The molecule has 0 radical (unpaired) electrons. The molecule has 10 heteroatoms. The van der Waals surface area contributed by atoms with Crippen LogP contribution in [0.15, 0.2) is 12.5 Å². The van der Waals surface area contributed by atoms with E-state index in [2.05, 4.69) is 14.9 Å². The third kappa shape index (κ3) is 3.04. The average molecular weight is 403 g/mol. The van der Waals surface area contributed by atoms with Crippen molar-refractivity contribution in [1.82, 2.24) is 18.8 Å². The number of alkyl halides is 2. The Labute approximate surface area is 159 Å². The molecule has 0 unspecified atom stereocenters. The number of hydrogen-bond donors (Lipinski definition) is 1. The zero-order valence-electron chi connectivity index (χ0n) is 14.6. The summed E-state index contributed by atoms with van der Waals surface area (Å²) in [6.07, 6.45) is 5.14. The van der Waals surface area contributed by atoms with Crippen molar-refractivity contribution in [3.63, 3.8) is 0 Å². The highest BCUT2D eigenvalue weighted by Gasteiger charge is 2.55. The van der Waals surface area contributed by atoms with Crippen LogP contribution in [0.1, 0.15) is 19.8 Å². The number of halogens is 3. The summed E-state index contributed by atoms with van der Waals surface area (Å²) in [5.41, 5.74) is 0.975. The molecule has 0 amide bonds. The Kier molecular flexibility index (Phi) is 4.33. The molecule has 1 saturated heterocycles. The van der Waals surface area contributed by atoms with Gasteiger partial charge in [0.25, 0.3) is 5.92 Å². The summed E-state index contributed by atoms with van der Waals surface area (Å²) in [5.74, 6) is -1.89. The molecule has 2 N–H and O–H groups in total. The van der Waals surface area contributed by atoms with Crippen LogP contribution in [0.3, 0.4) is 0 Å². The highest BCUT2D eigenvalue weighted by molar-refractivity contribution is 7.94. The Bertz CT molecular complexity index is 824. The first kappa shape index (κ1) is 18.2. The fourth-order valence-electron chi connectivity index (χ4n) is 4.22. The van der Waals surface area contributed by atoms with E-state index in [1.165, 1.54) is 0 Å². The minimum atomic E-state index is -2.74. The number of nitrogens with two attached hydrogens (primary N) is 1. The molecule has 6 nitrogen and oxygen atoms in total. The van der Waals surface area contributed by atoms with Crippen molar-refractivity contribution in [3.05, 3.63) is 17.5 Å². The number of anilines is 1. The maximum Gasteiger partial charge on any atom is 0.258 e. The normalized spacial score (nSPS) is 20.0. The van der Waals surface area contributed by atoms with Crippen LogP contribution in [-0.4, -0.2) is 50.4 Å². The van der Waals surface area contributed by atoms with Crippen molar-refractivity contribution in [1.29, 1.82) is 0 Å². The molecule has 1 spiro atoms. The van der Waals surface area contributed by atoms with Crippen LogP contribution in [0.5, 0.6) is 0 Å². The molecule has 2 aromatic heterocycles. The zero-order valence-corrected chi connectivity index (χ0v) is 16.2. The lowest BCUT2D eigenvalue weighted by molar-refractivity contribution is -0.0379. The SMILES string of the molecule is Cn1cc(Cl)c2c(N3CC4(CC(N(CC(C)(F)F)SN)C4)C3)ncnc21. The van der Waals surface area contributed by atoms with Gasteiger partial charge in [-0.3, -0.25) is 5.14 Å². The van der Waals surface area contributed by atoms with E-state index in [4.69, 9.17) is 16.7 Å². The summed E-state index contributed by atoms with van der Waals surface area (Å²) in [4.78, 5) is 10.9. The Morgan fingerprint density at radius 3 is 2.73 bits per heavy atom. The minimum absolute atomic E-state index is 0.101. The summed E-state index contributed by atoms with van der Waals surface area (Å²) < 4.78 is 30.1. The lowest BCUT2D eigenvalue weighted by Gasteiger charge is -2.61. The van der Waals surface area contributed by atoms with Crippen LogP contribution in [0, 0.1) is 5.41 Å². The highest BCUT2D eigenvalue weighted by atomic mass is 35.5. The Morgan fingerprint density at radius 2 is 2.12 bits per heavy atom. The number of aromatic nitrogens is 3. The fraction of sp³-hybridized carbons (Fsp3) is 0.625. The first-order chi connectivity index (χ1) is 12.2. The van der Waals surface area contributed by atoms with E-state index in [1.54, 1.807) is 10.6 Å². The molecule has 0 atom stereocenters. The van der Waals surface area contributed by atoms with E-state index < -0.39 is 5.92 Å². The second-order valence-electron chi connectivity index (χ2n) is 7.65. The van der Waals surface area contributed by atoms with Crippen molar-refractivity contribution >= 4 is 40.6 Å². The maximum atomic E-state index is 13.3. The summed E-state index contributed by atoms with van der Waals surface area (Å²) >= 11 is 7.27. The molecule has 1 aliphatic heterocycles. The third-order valence-corrected chi connectivity index (χ3v) is 6.34. The Morgan fingerprint density at radius 1 is 1.42 bits per heavy atom. The summed E-state index contributed by atoms with van der Waals surface area (Å²) in [6.45, 7) is 2.32. The molecule has 26 heavy (non-hydrogen) atoms. The lowest BCUT2D eigenvalue weighted by atomic mass is 9.60. The van der Waals surface area contributed by atoms with Gasteiger partial charge in [0.1, 0.15) is 17.8 Å². The number of aryl methyl sites for hydroxylation is 1. The van der Waals surface area contributed by atoms with E-state index in [9.17, 15) is 8.78 Å². The molecular weight excluding hydrogens is 382 g/mol. The summed E-state index contributed by atoms with van der Waals surface area (Å²) in [7, 11) is 1.90. The van der Waals surface area contributed by atoms with E-state index in [0.29, 0.717) is 5.02 Å². The van der Waals surface area contributed by atoms with Crippen LogP contribution in [0.25, 0.3) is 11.0 Å². The first-order valence-electron chi connectivity index (χ1n) is 8.43. The topological polar surface area (TPSA) is 63.2 Å². The summed E-state index contributed by atoms with van der Waals surface area (Å²) in [5, 5.41) is 7.11. The van der Waals surface area contributed by atoms with Crippen molar-refractivity contribution in [2.75, 3.05) is 24.5 Å². The van der Waals surface area contributed by atoms with Gasteiger partial charge in [-0.1, -0.05) is 11.6 Å². The smallest absolute Gasteiger partial charge is 0.258 e. The molecule has 142 valence electrons. The van der Waals surface area contributed by atoms with E-state index in [1.807, 2.05) is 17.8 Å². The predicted molar refractivity (Wildman–Crippen MR) is 100 cm³/mol. The fourth-order valence-corrected chi connectivity index (χ4v) is 5.16. The van der Waals surface area contributed by atoms with Gasteiger partial charge in [0, 0.05) is 56.8 Å². The van der Waals surface area contributed by atoms with Gasteiger partial charge >= 0.3 is 0 Å². The second-order valence-corrected chi connectivity index (χ2v) is 8.74. The minimum Gasteiger partial charge on any atom is -0.355 e. The van der Waals surface area contributed by atoms with Gasteiger partial charge in [-0.15, -0.1) is 0 Å². The first-order valence-corrected chi connectivity index (χ1v) is 9.65. The van der Waals surface area contributed by atoms with E-state index >= 15 is 0 Å². The maximum absolute atomic E-state index is 13.3. The van der Waals surface area contributed by atoms with Gasteiger partial charge in [0.2, 0.25) is 0 Å². The van der Waals surface area contributed by atoms with Gasteiger partial charge < -0.3 is 9.47 Å². The molecule has 2 aliphatic rings. The molecule has 0 aromatic carbocycles. The van der Waals surface area contributed by atoms with Gasteiger partial charge in [-0.25, -0.2) is 23.1 Å².